The summed E-state index contributed by atoms with van der Waals surface area (Å²) in [5.41, 5.74) is 47.9. The highest BCUT2D eigenvalue weighted by molar-refractivity contribution is 5.99. The van der Waals surface area contributed by atoms with Gasteiger partial charge in [-0.05, 0) is 236 Å². The van der Waals surface area contributed by atoms with Crippen molar-refractivity contribution in [2.45, 2.75) is 241 Å². The number of carbonyl (C=O) groups excluding carboxylic acids is 10. The third kappa shape index (κ3) is 37.5. The summed E-state index contributed by atoms with van der Waals surface area (Å²) in [5.74, 6) is -8.57. The SMILES string of the molecule is CC(C)C[C@H](NC(=O)[C@H](CCCCN)NC(=O)[C@H](CCCCN)NC(=O)[C@H](CCCCN)NC(=O)[C@H](CCCCN)NC(=O)[C@H](CCCCN)NC(=O)[C@H](CCCCN)NC(=O)[C@@H](N)CCCCN)C(=O)N[C@@H](CCCCNC(=O)c1ccccc1)C(=O)N[C@@H](Cc1ccc(O)cc1)C(=O)O. The van der Waals surface area contributed by atoms with Gasteiger partial charge in [0.2, 0.25) is 53.2 Å². The van der Waals surface area contributed by atoms with Crippen LogP contribution in [-0.2, 0) is 54.4 Å². The molecule has 2 rings (SSSR count). The number of rotatable bonds is 57. The number of benzene rings is 2. The van der Waals surface area contributed by atoms with Crippen LogP contribution in [0.1, 0.15) is 190 Å². The highest BCUT2D eigenvalue weighted by Crippen LogP contribution is 2.16. The lowest BCUT2D eigenvalue weighted by molar-refractivity contribution is -0.142. The molecule has 28 N–H and O–H groups in total. The van der Waals surface area contributed by atoms with Crippen LogP contribution in [0.2, 0.25) is 0 Å². The van der Waals surface area contributed by atoms with Gasteiger partial charge in [0.15, 0.2) is 0 Å². The fourth-order valence-electron chi connectivity index (χ4n) is 11.1. The third-order valence-electron chi connectivity index (χ3n) is 17.0. The lowest BCUT2D eigenvalue weighted by Crippen LogP contribution is -2.60. The lowest BCUT2D eigenvalue weighted by Gasteiger charge is -2.29. The Bertz CT molecular complexity index is 2770. The van der Waals surface area contributed by atoms with E-state index in [0.29, 0.717) is 133 Å². The first kappa shape index (κ1) is 89.2. The van der Waals surface area contributed by atoms with Crippen molar-refractivity contribution < 1.29 is 63.0 Å². The zero-order valence-corrected chi connectivity index (χ0v) is 59.6. The average Bonchev–Trinajstić information content (AvgIpc) is 0.867. The number of nitrogens with one attached hydrogen (secondary N) is 10. The Morgan fingerprint density at radius 3 is 0.931 bits per heavy atom. The number of hydrogen-bond acceptors (Lipinski definition) is 20. The van der Waals surface area contributed by atoms with Crippen molar-refractivity contribution >= 4 is 65.0 Å². The summed E-state index contributed by atoms with van der Waals surface area (Å²) in [6, 6.07) is 1.82. The maximum Gasteiger partial charge on any atom is 0.326 e. The van der Waals surface area contributed by atoms with Crippen molar-refractivity contribution in [2.75, 3.05) is 52.4 Å². The number of carboxylic acids is 1. The minimum atomic E-state index is -1.46. The number of hydrogen-bond donors (Lipinski definition) is 20. The van der Waals surface area contributed by atoms with Crippen LogP contribution >= 0.6 is 0 Å². The molecule has 0 aromatic heterocycles. The normalized spacial score (nSPS) is 14.2. The van der Waals surface area contributed by atoms with Crippen LogP contribution in [0, 0.1) is 5.92 Å². The molecular formula is C70H122N18O13. The molecule has 0 unspecified atom stereocenters. The Kier molecular flexibility index (Phi) is 46.8. The molecule has 0 fully saturated rings. The molecule has 31 heteroatoms. The van der Waals surface area contributed by atoms with Crippen molar-refractivity contribution in [2.24, 2.45) is 51.8 Å². The summed E-state index contributed by atoms with van der Waals surface area (Å²) in [4.78, 5) is 155. The molecule has 0 bridgehead atoms. The maximum absolute atomic E-state index is 14.7. The average molecular weight is 1420 g/mol. The summed E-state index contributed by atoms with van der Waals surface area (Å²) >= 11 is 0. The van der Waals surface area contributed by atoms with Gasteiger partial charge in [-0.3, -0.25) is 47.9 Å². The fraction of sp³-hybridized carbons (Fsp3) is 0.671. The van der Waals surface area contributed by atoms with E-state index in [4.69, 9.17) is 45.9 Å². The van der Waals surface area contributed by atoms with E-state index in [1.165, 1.54) is 24.3 Å². The van der Waals surface area contributed by atoms with Crippen molar-refractivity contribution in [1.29, 1.82) is 0 Å². The third-order valence-corrected chi connectivity index (χ3v) is 17.0. The molecule has 101 heavy (non-hydrogen) atoms. The van der Waals surface area contributed by atoms with E-state index in [0.717, 1.165) is 0 Å². The fourth-order valence-corrected chi connectivity index (χ4v) is 11.1. The monoisotopic (exact) mass is 1420 g/mol. The number of phenols is 1. The Morgan fingerprint density at radius 2 is 0.624 bits per heavy atom. The molecule has 0 radical (unpaired) electrons. The van der Waals surface area contributed by atoms with Crippen LogP contribution < -0.4 is 99.0 Å². The smallest absolute Gasteiger partial charge is 0.326 e. The number of amides is 10. The molecule has 0 aliphatic rings. The van der Waals surface area contributed by atoms with Crippen LogP contribution in [0.5, 0.6) is 5.75 Å². The Labute approximate surface area is 595 Å². The summed E-state index contributed by atoms with van der Waals surface area (Å²) in [6.45, 7) is 5.87. The summed E-state index contributed by atoms with van der Waals surface area (Å²) < 4.78 is 0. The van der Waals surface area contributed by atoms with Gasteiger partial charge in [0.25, 0.3) is 5.91 Å². The Hall–Kier alpha value is -7.91. The van der Waals surface area contributed by atoms with Gasteiger partial charge in [-0.15, -0.1) is 0 Å². The predicted octanol–water partition coefficient (Wildman–Crippen LogP) is -0.741. The topological polar surface area (TPSA) is 557 Å². The lowest BCUT2D eigenvalue weighted by atomic mass is 10.00. The van der Waals surface area contributed by atoms with Gasteiger partial charge in [-0.2, -0.15) is 0 Å². The second-order valence-electron chi connectivity index (χ2n) is 26.1. The van der Waals surface area contributed by atoms with Crippen LogP contribution in [0.15, 0.2) is 54.6 Å². The number of unbranched alkanes of at least 4 members (excludes halogenated alkanes) is 8. The molecule has 10 amide bonds. The molecule has 2 aromatic rings. The zero-order valence-electron chi connectivity index (χ0n) is 59.6. The minimum absolute atomic E-state index is 0.0163. The largest absolute Gasteiger partial charge is 0.508 e. The van der Waals surface area contributed by atoms with E-state index in [-0.39, 0.29) is 115 Å². The number of carbonyl (C=O) groups is 11. The molecule has 0 saturated carbocycles. The molecule has 0 saturated heterocycles. The van der Waals surface area contributed by atoms with Crippen LogP contribution in [0.3, 0.4) is 0 Å². The highest BCUT2D eigenvalue weighted by Gasteiger charge is 2.36. The molecule has 570 valence electrons. The quantitative estimate of drug-likeness (QED) is 0.0363. The Balaban J connectivity index is 2.53. The van der Waals surface area contributed by atoms with Crippen molar-refractivity contribution in [3.8, 4) is 5.75 Å². The van der Waals surface area contributed by atoms with Gasteiger partial charge in [0, 0.05) is 18.5 Å². The van der Waals surface area contributed by atoms with E-state index < -0.39 is 120 Å². The standard InChI is InChI=1S/C70H122N18O13/c1-46(2)44-58(69(99)86-57(31-13-21-43-79-60(90)48-22-4-3-5-23-48)68(98)88-59(70(100)101)45-47-32-34-49(89)35-33-47)87-67(97)56(30-12-20-42-77)85-66(96)55(29-11-19-41-76)84-65(95)54(28-10-18-40-75)83-64(94)53(27-9-17-39-74)82-63(93)52(26-8-16-38-73)81-62(92)51(25-7-15-37-72)80-61(91)50(78)24-6-14-36-71/h3-5,22-23,32-35,46,50-59,89H,6-21,24-31,36-45,71-78H2,1-2H3,(H,79,90)(H,80,91)(H,81,92)(H,82,93)(H,83,94)(H,84,95)(H,85,96)(H,86,99)(H,87,97)(H,88,98)(H,100,101)/t50-,51-,52-,53-,54-,55-,56-,57-,58-,59-/m0/s1. The number of aliphatic carboxylic acids is 1. The first-order chi connectivity index (χ1) is 48.5. The van der Waals surface area contributed by atoms with E-state index in [2.05, 4.69) is 53.2 Å². The van der Waals surface area contributed by atoms with Crippen molar-refractivity contribution in [3.05, 3.63) is 65.7 Å². The molecule has 10 atom stereocenters. The molecule has 31 nitrogen and oxygen atoms in total. The number of phenolic OH excluding ortho intramolecular Hbond substituents is 1. The molecular weight excluding hydrogens is 1300 g/mol. The molecule has 0 heterocycles. The maximum atomic E-state index is 14.7. The van der Waals surface area contributed by atoms with E-state index >= 15 is 0 Å². The highest BCUT2D eigenvalue weighted by atomic mass is 16.4. The number of nitrogens with two attached hydrogens (primary N) is 8. The zero-order chi connectivity index (χ0) is 74.9. The summed E-state index contributed by atoms with van der Waals surface area (Å²) in [6.07, 6.45) is 7.65. The van der Waals surface area contributed by atoms with Gasteiger partial charge in [0.05, 0.1) is 6.04 Å². The number of aromatic hydroxyl groups is 1. The molecule has 2 aromatic carbocycles. The summed E-state index contributed by atoms with van der Waals surface area (Å²) in [5, 5.41) is 47.7. The minimum Gasteiger partial charge on any atom is -0.508 e. The second-order valence-corrected chi connectivity index (χ2v) is 26.1. The van der Waals surface area contributed by atoms with E-state index in [9.17, 15) is 63.0 Å². The van der Waals surface area contributed by atoms with Crippen molar-refractivity contribution in [3.63, 3.8) is 0 Å². The van der Waals surface area contributed by atoms with Crippen molar-refractivity contribution in [1.82, 2.24) is 53.2 Å². The summed E-state index contributed by atoms with van der Waals surface area (Å²) in [7, 11) is 0. The van der Waals surface area contributed by atoms with Crippen LogP contribution in [0.25, 0.3) is 0 Å². The van der Waals surface area contributed by atoms with Gasteiger partial charge in [0.1, 0.15) is 60.1 Å². The molecule has 0 spiro atoms. The van der Waals surface area contributed by atoms with E-state index in [1.807, 2.05) is 13.8 Å². The van der Waals surface area contributed by atoms with Gasteiger partial charge >= 0.3 is 5.97 Å². The first-order valence-electron chi connectivity index (χ1n) is 36.2. The molecule has 0 aliphatic carbocycles. The van der Waals surface area contributed by atoms with Gasteiger partial charge in [-0.1, -0.05) is 50.6 Å². The number of carboxylic acid groups (broad SMARTS) is 1. The Morgan fingerprint density at radius 1 is 0.347 bits per heavy atom. The molecule has 0 aliphatic heterocycles. The first-order valence-corrected chi connectivity index (χ1v) is 36.2. The van der Waals surface area contributed by atoms with Gasteiger partial charge < -0.3 is 109 Å². The van der Waals surface area contributed by atoms with Crippen LogP contribution in [0.4, 0.5) is 0 Å². The second kappa shape index (κ2) is 53.0. The predicted molar refractivity (Wildman–Crippen MR) is 387 cm³/mol. The van der Waals surface area contributed by atoms with Crippen LogP contribution in [-0.4, -0.2) is 188 Å². The van der Waals surface area contributed by atoms with Gasteiger partial charge in [-0.25, -0.2) is 4.79 Å². The van der Waals surface area contributed by atoms with E-state index in [1.54, 1.807) is 30.3 Å².